The maximum Gasteiger partial charge on any atom is 0.169 e. The van der Waals surface area contributed by atoms with Gasteiger partial charge in [-0.2, -0.15) is 0 Å². The van der Waals surface area contributed by atoms with E-state index in [1.54, 1.807) is 0 Å². The SMILES string of the molecule is CCCc1c(N)nnn1CCC(C)C. The molecule has 2 N–H and O–H groups in total. The molecule has 0 saturated heterocycles. The molecule has 0 fully saturated rings. The summed E-state index contributed by atoms with van der Waals surface area (Å²) in [5, 5.41) is 7.95. The molecule has 0 aromatic carbocycles. The van der Waals surface area contributed by atoms with Crippen molar-refractivity contribution in [2.24, 2.45) is 5.92 Å². The van der Waals surface area contributed by atoms with E-state index in [0.717, 1.165) is 31.5 Å². The van der Waals surface area contributed by atoms with Crippen molar-refractivity contribution in [3.05, 3.63) is 5.69 Å². The fourth-order valence-electron chi connectivity index (χ4n) is 1.40. The first-order chi connectivity index (χ1) is 6.65. The summed E-state index contributed by atoms with van der Waals surface area (Å²) < 4.78 is 1.94. The maximum atomic E-state index is 5.74. The van der Waals surface area contributed by atoms with E-state index >= 15 is 0 Å². The van der Waals surface area contributed by atoms with Crippen LogP contribution < -0.4 is 5.73 Å². The molecule has 0 atom stereocenters. The van der Waals surface area contributed by atoms with Crippen LogP contribution in [-0.2, 0) is 13.0 Å². The van der Waals surface area contributed by atoms with Crippen LogP contribution in [0.4, 0.5) is 5.82 Å². The van der Waals surface area contributed by atoms with Gasteiger partial charge in [0.25, 0.3) is 0 Å². The van der Waals surface area contributed by atoms with Crippen LogP contribution in [0.5, 0.6) is 0 Å². The second-order valence-electron chi connectivity index (χ2n) is 4.08. The first kappa shape index (κ1) is 11.0. The van der Waals surface area contributed by atoms with Crippen molar-refractivity contribution in [2.75, 3.05) is 5.73 Å². The summed E-state index contributed by atoms with van der Waals surface area (Å²) in [7, 11) is 0. The first-order valence-corrected chi connectivity index (χ1v) is 5.33. The Bertz CT molecular complexity index is 278. The van der Waals surface area contributed by atoms with Crippen molar-refractivity contribution in [1.29, 1.82) is 0 Å². The van der Waals surface area contributed by atoms with Crippen LogP contribution in [0.15, 0.2) is 0 Å². The van der Waals surface area contributed by atoms with Crippen LogP contribution >= 0.6 is 0 Å². The van der Waals surface area contributed by atoms with Gasteiger partial charge in [0.1, 0.15) is 0 Å². The zero-order valence-corrected chi connectivity index (χ0v) is 9.32. The lowest BCUT2D eigenvalue weighted by molar-refractivity contribution is 0.466. The van der Waals surface area contributed by atoms with E-state index < -0.39 is 0 Å². The second-order valence-corrected chi connectivity index (χ2v) is 4.08. The Morgan fingerprint density at radius 1 is 1.43 bits per heavy atom. The minimum Gasteiger partial charge on any atom is -0.381 e. The van der Waals surface area contributed by atoms with Crippen molar-refractivity contribution in [3.63, 3.8) is 0 Å². The monoisotopic (exact) mass is 196 g/mol. The third-order valence-corrected chi connectivity index (χ3v) is 2.27. The quantitative estimate of drug-likeness (QED) is 0.782. The molecule has 0 radical (unpaired) electrons. The molecule has 4 heteroatoms. The predicted molar refractivity (Wildman–Crippen MR) is 57.9 cm³/mol. The Morgan fingerprint density at radius 3 is 2.71 bits per heavy atom. The number of rotatable bonds is 5. The topological polar surface area (TPSA) is 56.7 Å². The molecule has 0 unspecified atom stereocenters. The van der Waals surface area contributed by atoms with Crippen LogP contribution in [-0.4, -0.2) is 15.0 Å². The largest absolute Gasteiger partial charge is 0.381 e. The van der Waals surface area contributed by atoms with Crippen molar-refractivity contribution < 1.29 is 0 Å². The van der Waals surface area contributed by atoms with Gasteiger partial charge < -0.3 is 5.73 Å². The van der Waals surface area contributed by atoms with E-state index in [-0.39, 0.29) is 0 Å². The Morgan fingerprint density at radius 2 is 2.14 bits per heavy atom. The Labute approximate surface area is 85.5 Å². The van der Waals surface area contributed by atoms with E-state index in [4.69, 9.17) is 5.73 Å². The van der Waals surface area contributed by atoms with E-state index in [1.807, 2.05) is 4.68 Å². The van der Waals surface area contributed by atoms with E-state index in [9.17, 15) is 0 Å². The van der Waals surface area contributed by atoms with Crippen molar-refractivity contribution in [2.45, 2.75) is 46.6 Å². The van der Waals surface area contributed by atoms with Crippen LogP contribution in [0.1, 0.15) is 39.3 Å². The molecule has 0 aliphatic rings. The highest BCUT2D eigenvalue weighted by Gasteiger charge is 2.08. The first-order valence-electron chi connectivity index (χ1n) is 5.33. The molecule has 1 aromatic rings. The minimum absolute atomic E-state index is 0.593. The highest BCUT2D eigenvalue weighted by atomic mass is 15.4. The fraction of sp³-hybridized carbons (Fsp3) is 0.800. The number of nitrogens with zero attached hydrogens (tertiary/aromatic N) is 3. The maximum absolute atomic E-state index is 5.74. The third-order valence-electron chi connectivity index (χ3n) is 2.27. The lowest BCUT2D eigenvalue weighted by Gasteiger charge is -2.07. The van der Waals surface area contributed by atoms with E-state index in [2.05, 4.69) is 31.1 Å². The Balaban J connectivity index is 2.65. The summed E-state index contributed by atoms with van der Waals surface area (Å²) in [4.78, 5) is 0. The average Bonchev–Trinajstić information content (AvgIpc) is 2.46. The standard InChI is InChI=1S/C10H20N4/c1-4-5-9-10(11)12-13-14(9)7-6-8(2)3/h8H,4-7,11H2,1-3H3. The highest BCUT2D eigenvalue weighted by molar-refractivity contribution is 5.32. The molecular formula is C10H20N4. The van der Waals surface area contributed by atoms with Gasteiger partial charge in [-0.15, -0.1) is 5.10 Å². The molecule has 14 heavy (non-hydrogen) atoms. The summed E-state index contributed by atoms with van der Waals surface area (Å²) in [5.41, 5.74) is 6.83. The van der Waals surface area contributed by atoms with E-state index in [0.29, 0.717) is 11.7 Å². The summed E-state index contributed by atoms with van der Waals surface area (Å²) in [6.07, 6.45) is 3.18. The minimum atomic E-state index is 0.593. The number of hydrogen-bond donors (Lipinski definition) is 1. The lowest BCUT2D eigenvalue weighted by atomic mass is 10.1. The average molecular weight is 196 g/mol. The highest BCUT2D eigenvalue weighted by Crippen LogP contribution is 2.12. The predicted octanol–water partition coefficient (Wildman–Crippen LogP) is 1.86. The molecule has 1 rings (SSSR count). The van der Waals surface area contributed by atoms with Crippen molar-refractivity contribution >= 4 is 5.82 Å². The molecule has 80 valence electrons. The van der Waals surface area contributed by atoms with Crippen LogP contribution in [0.25, 0.3) is 0 Å². The molecule has 0 amide bonds. The molecule has 4 nitrogen and oxygen atoms in total. The van der Waals surface area contributed by atoms with Crippen LogP contribution in [0, 0.1) is 5.92 Å². The zero-order chi connectivity index (χ0) is 10.6. The molecule has 0 bridgehead atoms. The number of nitrogens with two attached hydrogens (primary N) is 1. The molecular weight excluding hydrogens is 176 g/mol. The van der Waals surface area contributed by atoms with Gasteiger partial charge in [0.2, 0.25) is 0 Å². The van der Waals surface area contributed by atoms with Crippen molar-refractivity contribution in [1.82, 2.24) is 15.0 Å². The zero-order valence-electron chi connectivity index (χ0n) is 9.32. The second kappa shape index (κ2) is 4.98. The summed E-state index contributed by atoms with van der Waals surface area (Å²) in [6.45, 7) is 7.48. The van der Waals surface area contributed by atoms with Gasteiger partial charge in [0.15, 0.2) is 5.82 Å². The van der Waals surface area contributed by atoms with Crippen LogP contribution in [0.2, 0.25) is 0 Å². The van der Waals surface area contributed by atoms with Gasteiger partial charge in [-0.1, -0.05) is 32.4 Å². The van der Waals surface area contributed by atoms with Gasteiger partial charge in [0.05, 0.1) is 5.69 Å². The number of aromatic nitrogens is 3. The molecule has 0 aliphatic heterocycles. The van der Waals surface area contributed by atoms with Gasteiger partial charge in [-0.05, 0) is 18.8 Å². The molecule has 1 heterocycles. The fourth-order valence-corrected chi connectivity index (χ4v) is 1.40. The molecule has 0 saturated carbocycles. The lowest BCUT2D eigenvalue weighted by Crippen LogP contribution is -2.08. The Kier molecular flexibility index (Phi) is 3.92. The molecule has 0 aliphatic carbocycles. The number of aryl methyl sites for hydroxylation is 1. The third kappa shape index (κ3) is 2.72. The summed E-state index contributed by atoms with van der Waals surface area (Å²) in [5.74, 6) is 1.28. The van der Waals surface area contributed by atoms with E-state index in [1.165, 1.54) is 0 Å². The van der Waals surface area contributed by atoms with Gasteiger partial charge >= 0.3 is 0 Å². The van der Waals surface area contributed by atoms with Gasteiger partial charge in [0, 0.05) is 6.54 Å². The normalized spacial score (nSPS) is 11.1. The number of hydrogen-bond acceptors (Lipinski definition) is 3. The van der Waals surface area contributed by atoms with Gasteiger partial charge in [-0.3, -0.25) is 0 Å². The van der Waals surface area contributed by atoms with Crippen LogP contribution in [0.3, 0.4) is 0 Å². The number of anilines is 1. The summed E-state index contributed by atoms with van der Waals surface area (Å²) >= 11 is 0. The summed E-state index contributed by atoms with van der Waals surface area (Å²) in [6, 6.07) is 0. The smallest absolute Gasteiger partial charge is 0.169 e. The van der Waals surface area contributed by atoms with Crippen molar-refractivity contribution in [3.8, 4) is 0 Å². The molecule has 0 spiro atoms. The molecule has 1 aromatic heterocycles. The Hall–Kier alpha value is -1.06. The van der Waals surface area contributed by atoms with Gasteiger partial charge in [-0.25, -0.2) is 4.68 Å². The number of nitrogen functional groups attached to an aromatic ring is 1.